The van der Waals surface area contributed by atoms with Crippen LogP contribution in [0, 0.1) is 0 Å². The van der Waals surface area contributed by atoms with E-state index in [0.717, 1.165) is 44.8 Å². The third kappa shape index (κ3) is 4.23. The Kier molecular flexibility index (Phi) is 6.54. The van der Waals surface area contributed by atoms with Crippen LogP contribution in [-0.4, -0.2) is 69.8 Å². The summed E-state index contributed by atoms with van der Waals surface area (Å²) in [6, 6.07) is 4.00. The minimum absolute atomic E-state index is 0.622. The summed E-state index contributed by atoms with van der Waals surface area (Å²) in [4.78, 5) is 8.80. The quantitative estimate of drug-likeness (QED) is 0.621. The molecule has 24 heavy (non-hydrogen) atoms. The van der Waals surface area contributed by atoms with E-state index in [2.05, 4.69) is 14.8 Å². The number of benzene rings is 1. The summed E-state index contributed by atoms with van der Waals surface area (Å²) < 4.78 is 16.2. The van der Waals surface area contributed by atoms with E-state index in [4.69, 9.17) is 19.9 Å². The molecule has 1 fully saturated rings. The molecule has 0 unspecified atom stereocenters. The molecule has 1 aromatic rings. The molecule has 134 valence electrons. The number of methoxy groups -OCH3 is 3. The Labute approximate surface area is 144 Å². The second-order valence-corrected chi connectivity index (χ2v) is 5.63. The summed E-state index contributed by atoms with van der Waals surface area (Å²) >= 11 is 0. The normalized spacial score (nSPS) is 16.2. The van der Waals surface area contributed by atoms with Crippen LogP contribution in [0.15, 0.2) is 17.1 Å². The number of nitrogens with zero attached hydrogens (tertiary/aromatic N) is 3. The van der Waals surface area contributed by atoms with Gasteiger partial charge < -0.3 is 24.8 Å². The number of nitrogens with two attached hydrogens (primary N) is 1. The Morgan fingerprint density at radius 1 is 1.04 bits per heavy atom. The van der Waals surface area contributed by atoms with Crippen molar-refractivity contribution in [3.63, 3.8) is 0 Å². The Morgan fingerprint density at radius 2 is 1.62 bits per heavy atom. The average molecular weight is 336 g/mol. The maximum atomic E-state index is 5.98. The third-order valence-electron chi connectivity index (χ3n) is 4.15. The van der Waals surface area contributed by atoms with Gasteiger partial charge in [0.1, 0.15) is 0 Å². The molecule has 7 nitrogen and oxygen atoms in total. The van der Waals surface area contributed by atoms with Crippen molar-refractivity contribution in [3.05, 3.63) is 17.7 Å². The number of hydrogen-bond donors (Lipinski definition) is 1. The molecule has 0 spiro atoms. The zero-order valence-corrected chi connectivity index (χ0v) is 15.0. The van der Waals surface area contributed by atoms with Crippen LogP contribution < -0.4 is 19.9 Å². The zero-order valence-electron chi connectivity index (χ0n) is 15.0. The van der Waals surface area contributed by atoms with Crippen LogP contribution in [0.25, 0.3) is 0 Å². The van der Waals surface area contributed by atoms with Crippen molar-refractivity contribution in [2.45, 2.75) is 13.5 Å². The zero-order chi connectivity index (χ0) is 17.5. The predicted molar refractivity (Wildman–Crippen MR) is 95.1 cm³/mol. The SMILES string of the molecule is CCN=C(N)N1CCN(Cc2cc(OC)c(OC)c(OC)c2)CC1. The monoisotopic (exact) mass is 336 g/mol. The van der Waals surface area contributed by atoms with Gasteiger partial charge in [0.05, 0.1) is 21.3 Å². The lowest BCUT2D eigenvalue weighted by molar-refractivity contribution is 0.174. The summed E-state index contributed by atoms with van der Waals surface area (Å²) in [6.07, 6.45) is 0. The molecule has 0 atom stereocenters. The second-order valence-electron chi connectivity index (χ2n) is 5.63. The molecule has 1 aliphatic rings. The van der Waals surface area contributed by atoms with Gasteiger partial charge in [0.2, 0.25) is 5.75 Å². The number of aliphatic imine (C=N–C) groups is 1. The predicted octanol–water partition coefficient (Wildman–Crippen LogP) is 1.16. The molecule has 0 bridgehead atoms. The number of rotatable bonds is 6. The first-order valence-electron chi connectivity index (χ1n) is 8.19. The van der Waals surface area contributed by atoms with E-state index in [0.29, 0.717) is 23.2 Å². The average Bonchev–Trinajstić information content (AvgIpc) is 2.61. The first-order valence-corrected chi connectivity index (χ1v) is 8.19. The standard InChI is InChI=1S/C17H28N4O3/c1-5-19-17(18)21-8-6-20(7-9-21)12-13-10-14(22-2)16(24-4)15(11-13)23-3/h10-11H,5-9,12H2,1-4H3,(H2,18,19). The van der Waals surface area contributed by atoms with Gasteiger partial charge in [-0.1, -0.05) is 0 Å². The highest BCUT2D eigenvalue weighted by Crippen LogP contribution is 2.38. The third-order valence-corrected chi connectivity index (χ3v) is 4.15. The van der Waals surface area contributed by atoms with Crippen LogP contribution >= 0.6 is 0 Å². The number of hydrogen-bond acceptors (Lipinski definition) is 5. The molecule has 2 rings (SSSR count). The van der Waals surface area contributed by atoms with Crippen molar-refractivity contribution in [1.29, 1.82) is 0 Å². The first kappa shape index (κ1) is 18.2. The molecule has 1 heterocycles. The van der Waals surface area contributed by atoms with Crippen LogP contribution in [0.3, 0.4) is 0 Å². The molecule has 0 aromatic heterocycles. The Morgan fingerprint density at radius 3 is 2.08 bits per heavy atom. The fourth-order valence-corrected chi connectivity index (χ4v) is 2.88. The fraction of sp³-hybridized carbons (Fsp3) is 0.588. The van der Waals surface area contributed by atoms with Crippen LogP contribution in [0.1, 0.15) is 12.5 Å². The van der Waals surface area contributed by atoms with E-state index in [9.17, 15) is 0 Å². The summed E-state index contributed by atoms with van der Waals surface area (Å²) in [6.45, 7) is 7.20. The van der Waals surface area contributed by atoms with E-state index in [1.54, 1.807) is 21.3 Å². The maximum Gasteiger partial charge on any atom is 0.203 e. The smallest absolute Gasteiger partial charge is 0.203 e. The molecular weight excluding hydrogens is 308 g/mol. The molecule has 1 saturated heterocycles. The Hall–Kier alpha value is -2.15. The first-order chi connectivity index (χ1) is 11.6. The topological polar surface area (TPSA) is 72.6 Å². The van der Waals surface area contributed by atoms with Crippen molar-refractivity contribution in [2.24, 2.45) is 10.7 Å². The minimum Gasteiger partial charge on any atom is -0.493 e. The highest BCUT2D eigenvalue weighted by molar-refractivity contribution is 5.78. The molecule has 2 N–H and O–H groups in total. The van der Waals surface area contributed by atoms with Gasteiger partial charge >= 0.3 is 0 Å². The fourth-order valence-electron chi connectivity index (χ4n) is 2.88. The molecule has 1 aromatic carbocycles. The van der Waals surface area contributed by atoms with Gasteiger partial charge in [-0.05, 0) is 24.6 Å². The lowest BCUT2D eigenvalue weighted by Gasteiger charge is -2.35. The summed E-state index contributed by atoms with van der Waals surface area (Å²) in [7, 11) is 4.88. The maximum absolute atomic E-state index is 5.98. The minimum atomic E-state index is 0.622. The van der Waals surface area contributed by atoms with Crippen LogP contribution in [0.5, 0.6) is 17.2 Å². The van der Waals surface area contributed by atoms with Gasteiger partial charge in [0, 0.05) is 39.3 Å². The van der Waals surface area contributed by atoms with Gasteiger partial charge in [0.25, 0.3) is 0 Å². The van der Waals surface area contributed by atoms with Gasteiger partial charge in [-0.3, -0.25) is 9.89 Å². The van der Waals surface area contributed by atoms with Crippen LogP contribution in [0.4, 0.5) is 0 Å². The molecular formula is C17H28N4O3. The molecule has 0 radical (unpaired) electrons. The lowest BCUT2D eigenvalue weighted by atomic mass is 10.1. The summed E-state index contributed by atoms with van der Waals surface area (Å²) in [5, 5.41) is 0. The van der Waals surface area contributed by atoms with Crippen molar-refractivity contribution in [1.82, 2.24) is 9.80 Å². The second kappa shape index (κ2) is 8.63. The van der Waals surface area contributed by atoms with Gasteiger partial charge in [-0.15, -0.1) is 0 Å². The molecule has 1 aliphatic heterocycles. The number of piperazine rings is 1. The Balaban J connectivity index is 2.03. The van der Waals surface area contributed by atoms with Crippen molar-refractivity contribution in [3.8, 4) is 17.2 Å². The van der Waals surface area contributed by atoms with Gasteiger partial charge in [0.15, 0.2) is 17.5 Å². The van der Waals surface area contributed by atoms with Crippen LogP contribution in [-0.2, 0) is 6.54 Å². The highest BCUT2D eigenvalue weighted by atomic mass is 16.5. The lowest BCUT2D eigenvalue weighted by Crippen LogP contribution is -2.50. The molecule has 0 amide bonds. The van der Waals surface area contributed by atoms with Crippen molar-refractivity contribution in [2.75, 3.05) is 54.1 Å². The van der Waals surface area contributed by atoms with Gasteiger partial charge in [-0.2, -0.15) is 0 Å². The van der Waals surface area contributed by atoms with Crippen molar-refractivity contribution >= 4 is 5.96 Å². The van der Waals surface area contributed by atoms with E-state index in [1.165, 1.54) is 0 Å². The largest absolute Gasteiger partial charge is 0.493 e. The highest BCUT2D eigenvalue weighted by Gasteiger charge is 2.20. The van der Waals surface area contributed by atoms with Crippen molar-refractivity contribution < 1.29 is 14.2 Å². The molecule has 7 heteroatoms. The van der Waals surface area contributed by atoms with Gasteiger partial charge in [-0.25, -0.2) is 0 Å². The number of ether oxygens (including phenoxy) is 3. The van der Waals surface area contributed by atoms with E-state index in [1.807, 2.05) is 19.1 Å². The molecule has 0 saturated carbocycles. The van der Waals surface area contributed by atoms with Crippen LogP contribution in [0.2, 0.25) is 0 Å². The summed E-state index contributed by atoms with van der Waals surface area (Å²) in [5.74, 6) is 2.64. The Bertz CT molecular complexity index is 544. The molecule has 0 aliphatic carbocycles. The van der Waals surface area contributed by atoms with E-state index < -0.39 is 0 Å². The summed E-state index contributed by atoms with van der Waals surface area (Å²) in [5.41, 5.74) is 7.11. The number of guanidine groups is 1. The van der Waals surface area contributed by atoms with E-state index >= 15 is 0 Å². The van der Waals surface area contributed by atoms with E-state index in [-0.39, 0.29) is 0 Å².